The molecule has 0 atom stereocenters. The fraction of sp³-hybridized carbons (Fsp3) is 0.111. The first-order chi connectivity index (χ1) is 25.5. The smallest absolute Gasteiger partial charge is 0.497 e. The number of aromatic nitrogens is 3. The molecular weight excluding hydrogens is 753 g/mol. The van der Waals surface area contributed by atoms with Crippen molar-refractivity contribution in [3.05, 3.63) is 208 Å². The molecule has 3 heterocycles. The van der Waals surface area contributed by atoms with Crippen molar-refractivity contribution in [1.82, 2.24) is 15.0 Å². The van der Waals surface area contributed by atoms with Crippen molar-refractivity contribution in [3.8, 4) is 28.3 Å². The Hall–Kier alpha value is -5.90. The predicted octanol–water partition coefficient (Wildman–Crippen LogP) is 9.80. The molecule has 3 aromatic heterocycles. The van der Waals surface area contributed by atoms with E-state index in [1.807, 2.05) is 78.9 Å². The fourth-order valence-corrected chi connectivity index (χ4v) is 6.32. The van der Waals surface area contributed by atoms with E-state index in [9.17, 15) is 4.39 Å². The largest absolute Gasteiger partial charge is 3.00 e. The number of halogens is 2. The molecule has 0 saturated heterocycles. The van der Waals surface area contributed by atoms with Crippen LogP contribution in [-0.2, 0) is 45.2 Å². The molecule has 0 unspecified atom stereocenters. The van der Waals surface area contributed by atoms with E-state index in [2.05, 4.69) is 41.2 Å². The number of nitrogens with zero attached hydrogens (tertiary/aromatic N) is 4. The molecule has 7 rings (SSSR count). The van der Waals surface area contributed by atoms with Crippen LogP contribution in [0.15, 0.2) is 121 Å². The van der Waals surface area contributed by atoms with Gasteiger partial charge in [0.1, 0.15) is 5.75 Å². The van der Waals surface area contributed by atoms with E-state index in [1.165, 1.54) is 0 Å². The first kappa shape index (κ1) is 36.9. The van der Waals surface area contributed by atoms with E-state index in [0.717, 1.165) is 56.5 Å². The summed E-state index contributed by atoms with van der Waals surface area (Å²) in [6.45, 7) is 7.24. The van der Waals surface area contributed by atoms with Gasteiger partial charge in [0.15, 0.2) is 5.69 Å². The molecule has 0 aliphatic rings. The first-order valence-electron chi connectivity index (χ1n) is 16.7. The van der Waals surface area contributed by atoms with Crippen LogP contribution >= 0.6 is 0 Å². The third-order valence-electron chi connectivity index (χ3n) is 8.84. The maximum absolute atomic E-state index is 15.2. The molecule has 0 amide bonds. The quantitative estimate of drug-likeness (QED) is 0.0969. The summed E-state index contributed by atoms with van der Waals surface area (Å²) in [6, 6.07) is 45.4. The second-order valence-corrected chi connectivity index (χ2v) is 12.2. The molecule has 0 bridgehead atoms. The number of pyridine rings is 3. The number of hydrogen-bond donors (Lipinski definition) is 0. The van der Waals surface area contributed by atoms with Crippen molar-refractivity contribution in [3.63, 3.8) is 0 Å². The Morgan fingerprint density at radius 3 is 2.11 bits per heavy atom. The summed E-state index contributed by atoms with van der Waals surface area (Å²) in [5.41, 5.74) is 9.10. The van der Waals surface area contributed by atoms with Gasteiger partial charge in [0.05, 0.1) is 13.7 Å². The second-order valence-electron chi connectivity index (χ2n) is 12.2. The molecule has 5 nitrogen and oxygen atoms in total. The van der Waals surface area contributed by atoms with Gasteiger partial charge in [0.25, 0.3) is 0 Å². The van der Waals surface area contributed by atoms with Gasteiger partial charge in [-0.15, -0.1) is 53.6 Å². The van der Waals surface area contributed by atoms with Crippen LogP contribution in [0.5, 0.6) is 5.75 Å². The van der Waals surface area contributed by atoms with Crippen molar-refractivity contribution in [2.24, 2.45) is 0 Å². The molecule has 0 saturated carbocycles. The normalized spacial score (nSPS) is 10.7. The molecule has 260 valence electrons. The molecule has 4 aromatic carbocycles. The average molecular weight is 785 g/mol. The topological polar surface area (TPSA) is 52.3 Å². The van der Waals surface area contributed by atoms with Crippen LogP contribution in [0.4, 0.5) is 14.5 Å². The Bertz CT molecular complexity index is 2380. The van der Waals surface area contributed by atoms with E-state index >= 15 is 4.39 Å². The summed E-state index contributed by atoms with van der Waals surface area (Å²) >= 11 is 0. The van der Waals surface area contributed by atoms with Gasteiger partial charge in [-0.05, 0) is 64.3 Å². The minimum absolute atomic E-state index is 0. The molecule has 0 radical (unpaired) electrons. The Morgan fingerprint density at radius 2 is 1.42 bits per heavy atom. The molecule has 8 heteroatoms. The molecule has 0 spiro atoms. The second kappa shape index (κ2) is 17.1. The summed E-state index contributed by atoms with van der Waals surface area (Å²) in [5.74, 6) is -1.21. The molecule has 0 N–H and O–H groups in total. The Morgan fingerprint density at radius 1 is 0.698 bits per heavy atom. The van der Waals surface area contributed by atoms with Crippen molar-refractivity contribution in [2.45, 2.75) is 25.7 Å². The number of rotatable bonds is 11. The van der Waals surface area contributed by atoms with Gasteiger partial charge in [-0.2, -0.15) is 35.9 Å². The van der Waals surface area contributed by atoms with Gasteiger partial charge in [0, 0.05) is 60.2 Å². The summed E-state index contributed by atoms with van der Waals surface area (Å²) in [5, 5.41) is 0. The Kier molecular flexibility index (Phi) is 11.9. The van der Waals surface area contributed by atoms with E-state index in [1.54, 1.807) is 25.4 Å². The maximum atomic E-state index is 15.2. The summed E-state index contributed by atoms with van der Waals surface area (Å²) in [4.78, 5) is 17.5. The van der Waals surface area contributed by atoms with Crippen LogP contribution in [0.25, 0.3) is 27.4 Å². The van der Waals surface area contributed by atoms with Gasteiger partial charge in [-0.25, -0.2) is 0 Å². The standard InChI is InChI=1S/C45H31F2N4O.Rh/c1-48-45-41(46)22-21-38(44(45)47)42-18-11-17-35(50-42)25-32-19-20-33(26-36-27-37(52-2)29-43(51-36)31-14-7-4-8-15-31)40(28-34-16-9-10-23-49-34)39(32)24-30-12-5-3-6-13-30;/h3-12,14,16-20,22-23,27,29H,24-26,28H2,2H3;/q-3;+3. The average Bonchev–Trinajstić information content (AvgIpc) is 3.18. The van der Waals surface area contributed by atoms with Crippen LogP contribution in [0.1, 0.15) is 44.9 Å². The molecule has 7 aromatic rings. The monoisotopic (exact) mass is 784 g/mol. The van der Waals surface area contributed by atoms with Crippen molar-refractivity contribution >= 4 is 5.69 Å². The van der Waals surface area contributed by atoms with E-state index in [-0.39, 0.29) is 30.7 Å². The summed E-state index contributed by atoms with van der Waals surface area (Å²) in [7, 11) is 1.66. The van der Waals surface area contributed by atoms with Gasteiger partial charge in [-0.3, -0.25) is 18.6 Å². The zero-order valence-electron chi connectivity index (χ0n) is 28.7. The molecular formula is C45H31F2N4ORh. The molecule has 53 heavy (non-hydrogen) atoms. The number of benzene rings is 4. The van der Waals surface area contributed by atoms with Crippen LogP contribution in [0.3, 0.4) is 0 Å². The predicted molar refractivity (Wildman–Crippen MR) is 197 cm³/mol. The fourth-order valence-electron chi connectivity index (χ4n) is 6.32. The third-order valence-corrected chi connectivity index (χ3v) is 8.84. The summed E-state index contributed by atoms with van der Waals surface area (Å²) in [6.07, 6.45) is 3.97. The van der Waals surface area contributed by atoms with Crippen LogP contribution in [0, 0.1) is 36.4 Å². The third kappa shape index (κ3) is 8.60. The van der Waals surface area contributed by atoms with Gasteiger partial charge < -0.3 is 14.7 Å². The van der Waals surface area contributed by atoms with Gasteiger partial charge in [-0.1, -0.05) is 30.3 Å². The summed E-state index contributed by atoms with van der Waals surface area (Å²) < 4.78 is 35.0. The van der Waals surface area contributed by atoms with Crippen molar-refractivity contribution in [1.29, 1.82) is 0 Å². The van der Waals surface area contributed by atoms with Crippen LogP contribution < -0.4 is 4.74 Å². The maximum Gasteiger partial charge on any atom is 3.00 e. The molecule has 0 fully saturated rings. The zero-order valence-corrected chi connectivity index (χ0v) is 30.3. The van der Waals surface area contributed by atoms with Gasteiger partial charge >= 0.3 is 19.5 Å². The minimum atomic E-state index is -0.971. The van der Waals surface area contributed by atoms with E-state index in [0.29, 0.717) is 37.1 Å². The van der Waals surface area contributed by atoms with Crippen molar-refractivity contribution < 1.29 is 33.0 Å². The first-order valence-corrected chi connectivity index (χ1v) is 16.7. The Labute approximate surface area is 321 Å². The number of methoxy groups -OCH3 is 1. The SMILES string of the molecule is [C-]#[N+]c1c(F)c[c-]c(-c2cccc(Cc3ccc(Cc4cc(OC)cc(-c5[c-]cccc5)n4)c(Cc4ccccn4)c3Cc3[c-]cccc3)n2)c1F.[Rh+3]. The molecule has 0 aliphatic carbocycles. The van der Waals surface area contributed by atoms with Crippen LogP contribution in [0.2, 0.25) is 0 Å². The van der Waals surface area contributed by atoms with E-state index in [4.69, 9.17) is 26.3 Å². The molecule has 0 aliphatic heterocycles. The Balaban J connectivity index is 0.00000481. The van der Waals surface area contributed by atoms with Crippen molar-refractivity contribution in [2.75, 3.05) is 7.11 Å². The van der Waals surface area contributed by atoms with Gasteiger partial charge in [0.2, 0.25) is 0 Å². The number of hydrogen-bond acceptors (Lipinski definition) is 4. The minimum Gasteiger partial charge on any atom is -0.497 e. The van der Waals surface area contributed by atoms with Crippen LogP contribution in [-0.4, -0.2) is 22.1 Å². The zero-order chi connectivity index (χ0) is 35.9. The number of ether oxygens (including phenoxy) is 1. The van der Waals surface area contributed by atoms with E-state index < -0.39 is 17.3 Å².